The Balaban J connectivity index is 2.81. The molecule has 0 saturated carbocycles. The summed E-state index contributed by atoms with van der Waals surface area (Å²) < 4.78 is 13.5. The summed E-state index contributed by atoms with van der Waals surface area (Å²) in [5.74, 6) is 0.839. The molecule has 1 aromatic carbocycles. The van der Waals surface area contributed by atoms with Crippen LogP contribution in [0.15, 0.2) is 23.1 Å². The van der Waals surface area contributed by atoms with Crippen molar-refractivity contribution in [3.63, 3.8) is 0 Å². The van der Waals surface area contributed by atoms with E-state index in [2.05, 4.69) is 6.92 Å². The zero-order chi connectivity index (χ0) is 11.3. The second-order valence-corrected chi connectivity index (χ2v) is 4.78. The van der Waals surface area contributed by atoms with Gasteiger partial charge in [0.15, 0.2) is 0 Å². The van der Waals surface area contributed by atoms with Crippen LogP contribution in [-0.2, 0) is 0 Å². The molecule has 0 aliphatic heterocycles. The third-order valence-corrected chi connectivity index (χ3v) is 3.38. The Morgan fingerprint density at radius 2 is 2.20 bits per heavy atom. The maximum atomic E-state index is 13.5. The van der Waals surface area contributed by atoms with Crippen LogP contribution in [0.4, 0.5) is 4.39 Å². The molecule has 1 rings (SSSR count). The number of halogens is 1. The predicted molar refractivity (Wildman–Crippen MR) is 64.6 cm³/mol. The predicted octanol–water partition coefficient (Wildman–Crippen LogP) is 3.74. The molecule has 2 N–H and O–H groups in total. The number of rotatable bonds is 5. The highest BCUT2D eigenvalue weighted by atomic mass is 32.2. The average Bonchev–Trinajstić information content (AvgIpc) is 2.17. The molecular weight excluding hydrogens is 209 g/mol. The molecule has 15 heavy (non-hydrogen) atoms. The van der Waals surface area contributed by atoms with E-state index in [1.807, 2.05) is 13.0 Å². The average molecular weight is 227 g/mol. The molecule has 1 nitrogen and oxygen atoms in total. The fourth-order valence-electron chi connectivity index (χ4n) is 1.41. The minimum atomic E-state index is -0.240. The molecule has 84 valence electrons. The van der Waals surface area contributed by atoms with Crippen molar-refractivity contribution in [2.75, 3.05) is 5.75 Å². The second kappa shape index (κ2) is 6.13. The van der Waals surface area contributed by atoms with Crippen LogP contribution in [0.3, 0.4) is 0 Å². The quantitative estimate of drug-likeness (QED) is 0.612. The van der Waals surface area contributed by atoms with E-state index in [1.165, 1.54) is 6.07 Å². The van der Waals surface area contributed by atoms with Crippen molar-refractivity contribution in [2.24, 2.45) is 5.73 Å². The lowest BCUT2D eigenvalue weighted by molar-refractivity contribution is 0.585. The van der Waals surface area contributed by atoms with E-state index in [0.29, 0.717) is 5.56 Å². The van der Waals surface area contributed by atoms with Gasteiger partial charge in [0.1, 0.15) is 5.82 Å². The first kappa shape index (κ1) is 12.5. The minimum Gasteiger partial charge on any atom is -0.324 e. The van der Waals surface area contributed by atoms with Crippen molar-refractivity contribution in [1.29, 1.82) is 0 Å². The Labute approximate surface area is 95.2 Å². The molecule has 0 heterocycles. The van der Waals surface area contributed by atoms with Gasteiger partial charge in [0.2, 0.25) is 0 Å². The summed E-state index contributed by atoms with van der Waals surface area (Å²) in [6, 6.07) is 4.93. The van der Waals surface area contributed by atoms with Gasteiger partial charge in [-0.25, -0.2) is 4.39 Å². The van der Waals surface area contributed by atoms with Gasteiger partial charge in [-0.1, -0.05) is 19.4 Å². The van der Waals surface area contributed by atoms with Gasteiger partial charge in [0.25, 0.3) is 0 Å². The molecule has 0 aromatic heterocycles. The van der Waals surface area contributed by atoms with Crippen molar-refractivity contribution < 1.29 is 4.39 Å². The Hall–Kier alpha value is -0.540. The fraction of sp³-hybridized carbons (Fsp3) is 0.500. The molecule has 0 aliphatic carbocycles. The molecule has 1 aromatic rings. The molecule has 3 heteroatoms. The molecule has 0 spiro atoms. The first-order valence-corrected chi connectivity index (χ1v) is 6.32. The highest BCUT2D eigenvalue weighted by molar-refractivity contribution is 7.99. The SMILES string of the molecule is CCCCSc1cccc(F)c1[C@H](C)N. The molecule has 0 saturated heterocycles. The van der Waals surface area contributed by atoms with E-state index in [9.17, 15) is 4.39 Å². The van der Waals surface area contributed by atoms with Gasteiger partial charge in [-0.3, -0.25) is 0 Å². The molecule has 0 bridgehead atoms. The maximum Gasteiger partial charge on any atom is 0.129 e. The Bertz CT molecular complexity index is 312. The van der Waals surface area contributed by atoms with Gasteiger partial charge in [-0.15, -0.1) is 11.8 Å². The summed E-state index contributed by atoms with van der Waals surface area (Å²) in [5.41, 5.74) is 6.42. The van der Waals surface area contributed by atoms with Gasteiger partial charge in [0.05, 0.1) is 0 Å². The molecule has 0 radical (unpaired) electrons. The molecular formula is C12H18FNS. The molecule has 0 unspecified atom stereocenters. The van der Waals surface area contributed by atoms with Crippen molar-refractivity contribution in [3.05, 3.63) is 29.6 Å². The molecule has 0 amide bonds. The third kappa shape index (κ3) is 3.50. The van der Waals surface area contributed by atoms with Crippen molar-refractivity contribution >= 4 is 11.8 Å². The van der Waals surface area contributed by atoms with Crippen LogP contribution >= 0.6 is 11.8 Å². The van der Waals surface area contributed by atoms with Crippen LogP contribution in [0.25, 0.3) is 0 Å². The molecule has 1 atom stereocenters. The van der Waals surface area contributed by atoms with E-state index >= 15 is 0 Å². The first-order chi connectivity index (χ1) is 7.16. The molecule has 0 fully saturated rings. The van der Waals surface area contributed by atoms with Gasteiger partial charge < -0.3 is 5.73 Å². The first-order valence-electron chi connectivity index (χ1n) is 5.33. The number of hydrogen-bond acceptors (Lipinski definition) is 2. The Kier molecular flexibility index (Phi) is 5.12. The van der Waals surface area contributed by atoms with E-state index in [1.54, 1.807) is 17.8 Å². The highest BCUT2D eigenvalue weighted by Crippen LogP contribution is 2.29. The summed E-state index contributed by atoms with van der Waals surface area (Å²) in [6.07, 6.45) is 2.31. The minimum absolute atomic E-state index is 0.188. The zero-order valence-electron chi connectivity index (χ0n) is 9.29. The maximum absolute atomic E-state index is 13.5. The van der Waals surface area contributed by atoms with Crippen LogP contribution in [0.5, 0.6) is 0 Å². The largest absolute Gasteiger partial charge is 0.324 e. The lowest BCUT2D eigenvalue weighted by atomic mass is 10.1. The summed E-state index contributed by atoms with van der Waals surface area (Å²) in [5, 5.41) is 0. The summed E-state index contributed by atoms with van der Waals surface area (Å²) in [7, 11) is 0. The van der Waals surface area contributed by atoms with E-state index < -0.39 is 0 Å². The van der Waals surface area contributed by atoms with E-state index in [-0.39, 0.29) is 11.9 Å². The summed E-state index contributed by atoms with van der Waals surface area (Å²) >= 11 is 1.69. The number of nitrogens with two attached hydrogens (primary N) is 1. The number of benzene rings is 1. The normalized spacial score (nSPS) is 12.8. The van der Waals surface area contributed by atoms with Crippen molar-refractivity contribution in [3.8, 4) is 0 Å². The number of unbranched alkanes of at least 4 members (excludes halogenated alkanes) is 1. The lowest BCUT2D eigenvalue weighted by Crippen LogP contribution is -2.09. The molecule has 0 aliphatic rings. The topological polar surface area (TPSA) is 26.0 Å². The van der Waals surface area contributed by atoms with Crippen LogP contribution in [0, 0.1) is 5.82 Å². The van der Waals surface area contributed by atoms with E-state index in [0.717, 1.165) is 23.5 Å². The number of thioether (sulfide) groups is 1. The summed E-state index contributed by atoms with van der Waals surface area (Å²) in [6.45, 7) is 3.97. The van der Waals surface area contributed by atoms with Gasteiger partial charge in [0, 0.05) is 16.5 Å². The number of hydrogen-bond donors (Lipinski definition) is 1. The highest BCUT2D eigenvalue weighted by Gasteiger charge is 2.12. The van der Waals surface area contributed by atoms with Crippen LogP contribution in [0.1, 0.15) is 38.3 Å². The van der Waals surface area contributed by atoms with Gasteiger partial charge in [-0.05, 0) is 31.2 Å². The Morgan fingerprint density at radius 1 is 1.47 bits per heavy atom. The van der Waals surface area contributed by atoms with Crippen molar-refractivity contribution in [2.45, 2.75) is 37.6 Å². The lowest BCUT2D eigenvalue weighted by Gasteiger charge is -2.12. The van der Waals surface area contributed by atoms with Crippen LogP contribution in [0.2, 0.25) is 0 Å². The third-order valence-electron chi connectivity index (χ3n) is 2.22. The van der Waals surface area contributed by atoms with Crippen LogP contribution < -0.4 is 5.73 Å². The second-order valence-electron chi connectivity index (χ2n) is 3.64. The summed E-state index contributed by atoms with van der Waals surface area (Å²) in [4.78, 5) is 0.985. The fourth-order valence-corrected chi connectivity index (χ4v) is 2.68. The monoisotopic (exact) mass is 227 g/mol. The van der Waals surface area contributed by atoms with Crippen LogP contribution in [-0.4, -0.2) is 5.75 Å². The zero-order valence-corrected chi connectivity index (χ0v) is 10.1. The van der Waals surface area contributed by atoms with E-state index in [4.69, 9.17) is 5.73 Å². The van der Waals surface area contributed by atoms with Gasteiger partial charge in [-0.2, -0.15) is 0 Å². The standard InChI is InChI=1S/C12H18FNS/c1-3-4-8-15-11-7-5-6-10(13)12(11)9(2)14/h5-7,9H,3-4,8,14H2,1-2H3/t9-/m0/s1. The van der Waals surface area contributed by atoms with Crippen molar-refractivity contribution in [1.82, 2.24) is 0 Å². The Morgan fingerprint density at radius 3 is 2.80 bits per heavy atom. The smallest absolute Gasteiger partial charge is 0.129 e. The van der Waals surface area contributed by atoms with Gasteiger partial charge >= 0.3 is 0 Å².